The Morgan fingerprint density at radius 1 is 1.60 bits per heavy atom. The third-order valence-corrected chi connectivity index (χ3v) is 3.90. The average Bonchev–Trinajstić information content (AvgIpc) is 2.35. The summed E-state index contributed by atoms with van der Waals surface area (Å²) in [6.07, 6.45) is 4.28. The first kappa shape index (κ1) is 6.45. The van der Waals surface area contributed by atoms with E-state index in [9.17, 15) is 0 Å². The Morgan fingerprint density at radius 2 is 2.30 bits per heavy atom. The first-order valence-corrected chi connectivity index (χ1v) is 4.32. The van der Waals surface area contributed by atoms with Gasteiger partial charge in [0, 0.05) is 0 Å². The predicted octanol–water partition coefficient (Wildman–Crippen LogP) is 3.00. The van der Waals surface area contributed by atoms with Gasteiger partial charge in [0.25, 0.3) is 0 Å². The molecule has 0 heteroatoms. The summed E-state index contributed by atoms with van der Waals surface area (Å²) in [6.45, 7) is 8.94. The monoisotopic (exact) mass is 136 g/mol. The summed E-state index contributed by atoms with van der Waals surface area (Å²) < 4.78 is 0. The van der Waals surface area contributed by atoms with Crippen molar-refractivity contribution in [3.63, 3.8) is 0 Å². The molecule has 0 aromatic carbocycles. The summed E-state index contributed by atoms with van der Waals surface area (Å²) in [5.41, 5.74) is 2.18. The molecule has 0 heterocycles. The molecule has 2 rings (SSSR count). The first-order valence-electron chi connectivity index (χ1n) is 4.32. The summed E-state index contributed by atoms with van der Waals surface area (Å²) in [5.74, 6) is 1.69. The van der Waals surface area contributed by atoms with Crippen molar-refractivity contribution in [1.29, 1.82) is 0 Å². The maximum atomic E-state index is 4.16. The summed E-state index contributed by atoms with van der Waals surface area (Å²) in [6, 6.07) is 0. The Kier molecular flexibility index (Phi) is 1.07. The van der Waals surface area contributed by atoms with E-state index in [0.717, 1.165) is 11.8 Å². The zero-order chi connectivity index (χ0) is 7.35. The van der Waals surface area contributed by atoms with Crippen LogP contribution >= 0.6 is 0 Å². The molecule has 2 aliphatic rings. The van der Waals surface area contributed by atoms with Gasteiger partial charge < -0.3 is 0 Å². The first-order chi connectivity index (χ1) is 4.63. The standard InChI is InChI=1S/C10H16/c1-7-8(2)10(3)5-4-9(7)6-10/h8-9H,1,4-6H2,2-3H3/t8-,9?,10?/m0/s1. The second-order valence-corrected chi connectivity index (χ2v) is 4.39. The fourth-order valence-electron chi connectivity index (χ4n) is 2.78. The molecule has 2 bridgehead atoms. The van der Waals surface area contributed by atoms with Crippen LogP contribution in [-0.4, -0.2) is 0 Å². The lowest BCUT2D eigenvalue weighted by atomic mass is 9.76. The van der Waals surface area contributed by atoms with E-state index in [0.29, 0.717) is 5.41 Å². The quantitative estimate of drug-likeness (QED) is 0.449. The minimum atomic E-state index is 0.641. The molecule has 2 fully saturated rings. The maximum Gasteiger partial charge on any atom is -0.0177 e. The largest absolute Gasteiger partial charge is 0.0993 e. The highest BCUT2D eigenvalue weighted by Gasteiger charge is 2.48. The average molecular weight is 136 g/mol. The van der Waals surface area contributed by atoms with Crippen molar-refractivity contribution in [3.8, 4) is 0 Å². The summed E-state index contributed by atoms with van der Waals surface area (Å²) in [5, 5.41) is 0. The van der Waals surface area contributed by atoms with Crippen molar-refractivity contribution in [3.05, 3.63) is 12.2 Å². The highest BCUT2D eigenvalue weighted by Crippen LogP contribution is 2.59. The fraction of sp³-hybridized carbons (Fsp3) is 0.800. The third-order valence-electron chi connectivity index (χ3n) is 3.90. The van der Waals surface area contributed by atoms with Gasteiger partial charge in [0.1, 0.15) is 0 Å². The lowest BCUT2D eigenvalue weighted by Crippen LogP contribution is -2.19. The number of hydrogen-bond donors (Lipinski definition) is 0. The van der Waals surface area contributed by atoms with Crippen LogP contribution in [0.3, 0.4) is 0 Å². The van der Waals surface area contributed by atoms with Gasteiger partial charge in [0.15, 0.2) is 0 Å². The van der Waals surface area contributed by atoms with Gasteiger partial charge in [-0.05, 0) is 36.5 Å². The van der Waals surface area contributed by atoms with Crippen molar-refractivity contribution in [2.75, 3.05) is 0 Å². The van der Waals surface area contributed by atoms with E-state index < -0.39 is 0 Å². The van der Waals surface area contributed by atoms with Crippen LogP contribution in [0.2, 0.25) is 0 Å². The molecule has 2 aliphatic carbocycles. The van der Waals surface area contributed by atoms with Gasteiger partial charge >= 0.3 is 0 Å². The zero-order valence-corrected chi connectivity index (χ0v) is 6.98. The molecule has 0 amide bonds. The lowest BCUT2D eigenvalue weighted by molar-refractivity contribution is 0.266. The van der Waals surface area contributed by atoms with E-state index in [2.05, 4.69) is 20.4 Å². The summed E-state index contributed by atoms with van der Waals surface area (Å²) in [7, 11) is 0. The van der Waals surface area contributed by atoms with Crippen LogP contribution in [0.15, 0.2) is 12.2 Å². The molecular weight excluding hydrogens is 120 g/mol. The van der Waals surface area contributed by atoms with Crippen molar-refractivity contribution < 1.29 is 0 Å². The van der Waals surface area contributed by atoms with Gasteiger partial charge in [-0.15, -0.1) is 0 Å². The molecule has 0 spiro atoms. The molecule has 0 nitrogen and oxygen atoms in total. The van der Waals surface area contributed by atoms with E-state index in [-0.39, 0.29) is 0 Å². The van der Waals surface area contributed by atoms with E-state index >= 15 is 0 Å². The van der Waals surface area contributed by atoms with Crippen LogP contribution in [0.4, 0.5) is 0 Å². The minimum absolute atomic E-state index is 0.641. The second kappa shape index (κ2) is 1.66. The van der Waals surface area contributed by atoms with Gasteiger partial charge in [0.05, 0.1) is 0 Å². The van der Waals surface area contributed by atoms with Crippen molar-refractivity contribution >= 4 is 0 Å². The van der Waals surface area contributed by atoms with E-state index in [1.807, 2.05) is 0 Å². The van der Waals surface area contributed by atoms with Crippen molar-refractivity contribution in [1.82, 2.24) is 0 Å². The van der Waals surface area contributed by atoms with Gasteiger partial charge in [-0.2, -0.15) is 0 Å². The van der Waals surface area contributed by atoms with Gasteiger partial charge in [-0.3, -0.25) is 0 Å². The lowest BCUT2D eigenvalue weighted by Gasteiger charge is -2.29. The Morgan fingerprint density at radius 3 is 2.60 bits per heavy atom. The van der Waals surface area contributed by atoms with Gasteiger partial charge in [-0.1, -0.05) is 26.0 Å². The SMILES string of the molecule is C=C1C2CCC(C)(C2)[C@H]1C. The second-order valence-electron chi connectivity index (χ2n) is 4.39. The molecule has 0 aromatic rings. The molecule has 0 N–H and O–H groups in total. The Hall–Kier alpha value is -0.260. The van der Waals surface area contributed by atoms with E-state index in [4.69, 9.17) is 0 Å². The van der Waals surface area contributed by atoms with Gasteiger partial charge in [-0.25, -0.2) is 0 Å². The molecule has 0 aromatic heterocycles. The summed E-state index contributed by atoms with van der Waals surface area (Å²) in [4.78, 5) is 0. The minimum Gasteiger partial charge on any atom is -0.0993 e. The van der Waals surface area contributed by atoms with Crippen LogP contribution < -0.4 is 0 Å². The number of allylic oxidation sites excluding steroid dienone is 1. The van der Waals surface area contributed by atoms with Crippen molar-refractivity contribution in [2.24, 2.45) is 17.3 Å². The van der Waals surface area contributed by atoms with Crippen LogP contribution in [-0.2, 0) is 0 Å². The third kappa shape index (κ3) is 0.574. The molecule has 3 atom stereocenters. The molecule has 2 unspecified atom stereocenters. The van der Waals surface area contributed by atoms with Crippen LogP contribution in [0.1, 0.15) is 33.1 Å². The Balaban J connectivity index is 2.34. The van der Waals surface area contributed by atoms with Gasteiger partial charge in [0.2, 0.25) is 0 Å². The number of rotatable bonds is 0. The number of hydrogen-bond acceptors (Lipinski definition) is 0. The van der Waals surface area contributed by atoms with E-state index in [1.165, 1.54) is 24.8 Å². The van der Waals surface area contributed by atoms with E-state index in [1.54, 1.807) is 0 Å². The Bertz CT molecular complexity index is 180. The smallest absolute Gasteiger partial charge is 0.0177 e. The molecule has 56 valence electrons. The normalized spacial score (nSPS) is 52.4. The summed E-state index contributed by atoms with van der Waals surface area (Å²) >= 11 is 0. The van der Waals surface area contributed by atoms with Crippen LogP contribution in [0.5, 0.6) is 0 Å². The topological polar surface area (TPSA) is 0 Å². The zero-order valence-electron chi connectivity index (χ0n) is 6.98. The highest BCUT2D eigenvalue weighted by atomic mass is 14.5. The van der Waals surface area contributed by atoms with Crippen LogP contribution in [0.25, 0.3) is 0 Å². The Labute approximate surface area is 63.3 Å². The molecule has 10 heavy (non-hydrogen) atoms. The predicted molar refractivity (Wildman–Crippen MR) is 43.8 cm³/mol. The van der Waals surface area contributed by atoms with Crippen LogP contribution in [0, 0.1) is 17.3 Å². The molecule has 0 aliphatic heterocycles. The molecule has 0 saturated heterocycles. The molecular formula is C10H16. The van der Waals surface area contributed by atoms with Crippen molar-refractivity contribution in [2.45, 2.75) is 33.1 Å². The maximum absolute atomic E-state index is 4.16. The fourth-order valence-corrected chi connectivity index (χ4v) is 2.78. The highest BCUT2D eigenvalue weighted by molar-refractivity contribution is 5.20. The molecule has 0 radical (unpaired) electrons. The number of fused-ring (bicyclic) bond motifs is 2. The molecule has 2 saturated carbocycles.